The summed E-state index contributed by atoms with van der Waals surface area (Å²) < 4.78 is 10.5. The maximum Gasteiger partial charge on any atom is 0.317 e. The van der Waals surface area contributed by atoms with Gasteiger partial charge in [-0.15, -0.1) is 0 Å². The summed E-state index contributed by atoms with van der Waals surface area (Å²) in [6, 6.07) is 7.95. The summed E-state index contributed by atoms with van der Waals surface area (Å²) >= 11 is 0. The van der Waals surface area contributed by atoms with E-state index in [9.17, 15) is 4.79 Å². The minimum absolute atomic E-state index is 0.0205. The number of carbonyl (C=O) groups excluding carboxylic acids is 1. The Morgan fingerprint density at radius 2 is 2.00 bits per heavy atom. The lowest BCUT2D eigenvalue weighted by atomic mass is 10.1. The summed E-state index contributed by atoms with van der Waals surface area (Å²) in [4.78, 5) is 18.1. The van der Waals surface area contributed by atoms with Gasteiger partial charge in [0.05, 0.1) is 13.2 Å². The number of amides is 2. The van der Waals surface area contributed by atoms with Crippen molar-refractivity contribution < 1.29 is 14.1 Å². The van der Waals surface area contributed by atoms with Crippen LogP contribution in [0.1, 0.15) is 18.3 Å². The Balaban J connectivity index is 1.48. The number of nitrogens with one attached hydrogen (secondary N) is 1. The Labute approximate surface area is 141 Å². The molecular weight excluding hydrogens is 308 g/mol. The second-order valence-electron chi connectivity index (χ2n) is 5.65. The van der Waals surface area contributed by atoms with E-state index < -0.39 is 0 Å². The number of carbonyl (C=O) groups is 1. The number of urea groups is 1. The molecule has 1 saturated heterocycles. The Kier molecular flexibility index (Phi) is 5.43. The molecule has 1 fully saturated rings. The van der Waals surface area contributed by atoms with Crippen LogP contribution in [-0.2, 0) is 17.6 Å². The lowest BCUT2D eigenvalue weighted by molar-refractivity contribution is 0.0533. The predicted molar refractivity (Wildman–Crippen MR) is 88.6 cm³/mol. The van der Waals surface area contributed by atoms with E-state index >= 15 is 0 Å². The number of morpholine rings is 1. The van der Waals surface area contributed by atoms with Crippen LogP contribution in [0.2, 0.25) is 0 Å². The molecule has 0 bridgehead atoms. The van der Waals surface area contributed by atoms with E-state index in [-0.39, 0.29) is 6.03 Å². The van der Waals surface area contributed by atoms with Crippen LogP contribution in [-0.4, -0.2) is 53.9 Å². The van der Waals surface area contributed by atoms with Crippen molar-refractivity contribution in [2.24, 2.45) is 0 Å². The van der Waals surface area contributed by atoms with Gasteiger partial charge in [-0.1, -0.05) is 24.2 Å². The molecule has 2 amide bonds. The lowest BCUT2D eigenvalue weighted by Crippen LogP contribution is -2.46. The third-order valence-corrected chi connectivity index (χ3v) is 3.97. The van der Waals surface area contributed by atoms with Gasteiger partial charge in [-0.25, -0.2) is 4.79 Å². The van der Waals surface area contributed by atoms with Crippen LogP contribution < -0.4 is 5.32 Å². The van der Waals surface area contributed by atoms with Gasteiger partial charge in [0, 0.05) is 31.6 Å². The van der Waals surface area contributed by atoms with Crippen LogP contribution in [0.5, 0.6) is 0 Å². The summed E-state index contributed by atoms with van der Waals surface area (Å²) in [7, 11) is 0. The highest BCUT2D eigenvalue weighted by atomic mass is 16.5. The summed E-state index contributed by atoms with van der Waals surface area (Å²) in [5.41, 5.74) is 2.06. The molecule has 1 aliphatic heterocycles. The zero-order valence-corrected chi connectivity index (χ0v) is 13.8. The van der Waals surface area contributed by atoms with Gasteiger partial charge in [-0.05, 0) is 24.1 Å². The summed E-state index contributed by atoms with van der Waals surface area (Å²) in [6.07, 6.45) is 1.53. The van der Waals surface area contributed by atoms with E-state index in [1.54, 1.807) is 4.90 Å². The van der Waals surface area contributed by atoms with Crippen LogP contribution in [0.15, 0.2) is 28.8 Å². The van der Waals surface area contributed by atoms with Crippen molar-refractivity contribution >= 4 is 6.03 Å². The fourth-order valence-corrected chi connectivity index (χ4v) is 2.52. The zero-order chi connectivity index (χ0) is 16.8. The molecule has 2 aromatic rings. The number of hydrogen-bond acceptors (Lipinski definition) is 5. The van der Waals surface area contributed by atoms with Gasteiger partial charge in [0.1, 0.15) is 0 Å². The van der Waals surface area contributed by atoms with Crippen LogP contribution in [0.4, 0.5) is 4.79 Å². The van der Waals surface area contributed by atoms with Crippen molar-refractivity contribution in [3.63, 3.8) is 0 Å². The monoisotopic (exact) mass is 330 g/mol. The van der Waals surface area contributed by atoms with Gasteiger partial charge in [-0.3, -0.25) is 0 Å². The minimum atomic E-state index is -0.0205. The molecule has 0 unspecified atom stereocenters. The summed E-state index contributed by atoms with van der Waals surface area (Å²) in [5, 5.41) is 6.85. The first-order chi connectivity index (χ1) is 11.8. The first-order valence-corrected chi connectivity index (χ1v) is 8.28. The van der Waals surface area contributed by atoms with E-state index in [0.29, 0.717) is 44.6 Å². The van der Waals surface area contributed by atoms with Crippen molar-refractivity contribution in [3.05, 3.63) is 35.7 Å². The Morgan fingerprint density at radius 3 is 2.67 bits per heavy atom. The standard InChI is InChI=1S/C17H22N4O3/c1-2-15-19-16(24-20-15)14-5-3-13(4-6-14)7-8-18-17(22)21-9-11-23-12-10-21/h3-6H,2,7-12H2,1H3,(H,18,22). The molecule has 0 spiro atoms. The maximum absolute atomic E-state index is 12.0. The molecule has 1 aromatic carbocycles. The number of rotatable bonds is 5. The average molecular weight is 330 g/mol. The van der Waals surface area contributed by atoms with Crippen molar-refractivity contribution in [1.29, 1.82) is 0 Å². The van der Waals surface area contributed by atoms with Gasteiger partial charge >= 0.3 is 6.03 Å². The number of nitrogens with zero attached hydrogens (tertiary/aromatic N) is 3. The molecule has 0 radical (unpaired) electrons. The van der Waals surface area contributed by atoms with Gasteiger partial charge < -0.3 is 19.5 Å². The third-order valence-electron chi connectivity index (χ3n) is 3.97. The van der Waals surface area contributed by atoms with Crippen LogP contribution in [0.25, 0.3) is 11.5 Å². The smallest absolute Gasteiger partial charge is 0.317 e. The molecule has 0 saturated carbocycles. The molecule has 1 aromatic heterocycles. The first-order valence-electron chi connectivity index (χ1n) is 8.28. The minimum Gasteiger partial charge on any atom is -0.378 e. The Morgan fingerprint density at radius 1 is 1.25 bits per heavy atom. The van der Waals surface area contributed by atoms with E-state index in [2.05, 4.69) is 15.5 Å². The van der Waals surface area contributed by atoms with E-state index in [4.69, 9.17) is 9.26 Å². The number of aromatic nitrogens is 2. The molecule has 3 rings (SSSR count). The second-order valence-corrected chi connectivity index (χ2v) is 5.65. The predicted octanol–water partition coefficient (Wildman–Crippen LogP) is 1.88. The largest absolute Gasteiger partial charge is 0.378 e. The Bertz CT molecular complexity index is 663. The SMILES string of the molecule is CCc1noc(-c2ccc(CCNC(=O)N3CCOCC3)cc2)n1. The van der Waals surface area contributed by atoms with Gasteiger partial charge in [0.25, 0.3) is 5.89 Å². The molecule has 0 atom stereocenters. The molecule has 7 heteroatoms. The van der Waals surface area contributed by atoms with Crippen molar-refractivity contribution in [1.82, 2.24) is 20.4 Å². The highest BCUT2D eigenvalue weighted by molar-refractivity contribution is 5.74. The lowest BCUT2D eigenvalue weighted by Gasteiger charge is -2.26. The first kappa shape index (κ1) is 16.4. The average Bonchev–Trinajstić information content (AvgIpc) is 3.12. The van der Waals surface area contributed by atoms with E-state index in [1.807, 2.05) is 31.2 Å². The third kappa shape index (κ3) is 4.11. The van der Waals surface area contributed by atoms with Gasteiger partial charge in [0.2, 0.25) is 0 Å². The fourth-order valence-electron chi connectivity index (χ4n) is 2.52. The molecular formula is C17H22N4O3. The van der Waals surface area contributed by atoms with E-state index in [1.165, 1.54) is 0 Å². The van der Waals surface area contributed by atoms with Crippen LogP contribution in [0.3, 0.4) is 0 Å². The molecule has 2 heterocycles. The fraction of sp³-hybridized carbons (Fsp3) is 0.471. The topological polar surface area (TPSA) is 80.5 Å². The molecule has 1 N–H and O–H groups in total. The van der Waals surface area contributed by atoms with Crippen LogP contribution in [0, 0.1) is 0 Å². The molecule has 0 aliphatic carbocycles. The summed E-state index contributed by atoms with van der Waals surface area (Å²) in [5.74, 6) is 1.25. The maximum atomic E-state index is 12.0. The molecule has 128 valence electrons. The summed E-state index contributed by atoms with van der Waals surface area (Å²) in [6.45, 7) is 5.14. The van der Waals surface area contributed by atoms with E-state index in [0.717, 1.165) is 24.0 Å². The second kappa shape index (κ2) is 7.92. The van der Waals surface area contributed by atoms with Crippen LogP contribution >= 0.6 is 0 Å². The molecule has 1 aliphatic rings. The number of aryl methyl sites for hydroxylation is 1. The van der Waals surface area contributed by atoms with Crippen molar-refractivity contribution in [3.8, 4) is 11.5 Å². The zero-order valence-electron chi connectivity index (χ0n) is 13.8. The van der Waals surface area contributed by atoms with Gasteiger partial charge in [0.15, 0.2) is 5.82 Å². The highest BCUT2D eigenvalue weighted by Gasteiger charge is 2.15. The van der Waals surface area contributed by atoms with Crippen molar-refractivity contribution in [2.75, 3.05) is 32.8 Å². The van der Waals surface area contributed by atoms with Gasteiger partial charge in [-0.2, -0.15) is 4.98 Å². The highest BCUT2D eigenvalue weighted by Crippen LogP contribution is 2.18. The van der Waals surface area contributed by atoms with Crippen molar-refractivity contribution in [2.45, 2.75) is 19.8 Å². The molecule has 24 heavy (non-hydrogen) atoms. The normalized spacial score (nSPS) is 14.6. The quantitative estimate of drug-likeness (QED) is 0.905. The number of benzene rings is 1. The number of hydrogen-bond donors (Lipinski definition) is 1. The number of ether oxygens (including phenoxy) is 1. The Hall–Kier alpha value is -2.41. The molecule has 7 nitrogen and oxygen atoms in total.